The van der Waals surface area contributed by atoms with E-state index >= 15 is 0 Å². The second kappa shape index (κ2) is 5.84. The minimum Gasteiger partial charge on any atom is -0.480 e. The fourth-order valence-electron chi connectivity index (χ4n) is 2.33. The first kappa shape index (κ1) is 15.5. The Morgan fingerprint density at radius 1 is 1.43 bits per heavy atom. The van der Waals surface area contributed by atoms with Crippen molar-refractivity contribution < 1.29 is 22.7 Å². The zero-order chi connectivity index (χ0) is 15.6. The lowest BCUT2D eigenvalue weighted by Crippen LogP contribution is -2.47. The van der Waals surface area contributed by atoms with Crippen molar-refractivity contribution >= 4 is 16.0 Å². The number of hydrogen-bond donors (Lipinski definition) is 1. The molecule has 5 nitrogen and oxygen atoms in total. The lowest BCUT2D eigenvalue weighted by atomic mass is 10.1. The second-order valence-corrected chi connectivity index (χ2v) is 6.62. The van der Waals surface area contributed by atoms with Crippen LogP contribution < -0.4 is 0 Å². The van der Waals surface area contributed by atoms with Crippen molar-refractivity contribution in [3.63, 3.8) is 0 Å². The summed E-state index contributed by atoms with van der Waals surface area (Å²) in [7, 11) is -4.08. The molecule has 0 spiro atoms. The van der Waals surface area contributed by atoms with Crippen LogP contribution >= 0.6 is 0 Å². The maximum atomic E-state index is 13.6. The van der Waals surface area contributed by atoms with Crippen molar-refractivity contribution in [2.45, 2.75) is 30.2 Å². The van der Waals surface area contributed by atoms with Crippen LogP contribution in [0.4, 0.5) is 4.39 Å². The molecule has 0 bridgehead atoms. The lowest BCUT2D eigenvalue weighted by Gasteiger charge is -2.31. The summed E-state index contributed by atoms with van der Waals surface area (Å²) >= 11 is 0. The van der Waals surface area contributed by atoms with Crippen molar-refractivity contribution in [1.29, 1.82) is 0 Å². The van der Waals surface area contributed by atoms with Gasteiger partial charge in [0.25, 0.3) is 0 Å². The molecule has 7 heteroatoms. The standard InChI is InChI=1S/C14H13FNO4S/c1-2-10-6-7-11(9-12(10)15)21(19,20)16-8-4-3-5-13(16)14(17)18/h6-7,9,13H,3-5,8H2,(H,17,18). The molecule has 21 heavy (non-hydrogen) atoms. The molecule has 1 heterocycles. The predicted molar refractivity (Wildman–Crippen MR) is 71.8 cm³/mol. The fraction of sp³-hybridized carbons (Fsp3) is 0.357. The number of benzene rings is 1. The van der Waals surface area contributed by atoms with Gasteiger partial charge in [0.2, 0.25) is 10.0 Å². The lowest BCUT2D eigenvalue weighted by molar-refractivity contribution is -0.142. The van der Waals surface area contributed by atoms with Gasteiger partial charge in [-0.3, -0.25) is 4.79 Å². The van der Waals surface area contributed by atoms with Gasteiger partial charge in [-0.2, -0.15) is 4.31 Å². The smallest absolute Gasteiger partial charge is 0.322 e. The fourth-order valence-corrected chi connectivity index (χ4v) is 4.00. The first-order valence-electron chi connectivity index (χ1n) is 6.35. The molecule has 0 amide bonds. The van der Waals surface area contributed by atoms with E-state index < -0.39 is 27.9 Å². The summed E-state index contributed by atoms with van der Waals surface area (Å²) in [5.41, 5.74) is -0.151. The van der Waals surface area contributed by atoms with E-state index in [1.54, 1.807) is 0 Å². The summed E-state index contributed by atoms with van der Waals surface area (Å²) < 4.78 is 39.5. The van der Waals surface area contributed by atoms with E-state index in [1.807, 2.05) is 5.92 Å². The van der Waals surface area contributed by atoms with Gasteiger partial charge in [0.05, 0.1) is 10.5 Å². The van der Waals surface area contributed by atoms with E-state index in [0.717, 1.165) is 22.5 Å². The van der Waals surface area contributed by atoms with Gasteiger partial charge in [-0.25, -0.2) is 12.8 Å². The Hall–Kier alpha value is -1.91. The Labute approximate surface area is 122 Å². The molecule has 1 radical (unpaired) electrons. The van der Waals surface area contributed by atoms with Crippen molar-refractivity contribution in [2.24, 2.45) is 0 Å². The van der Waals surface area contributed by atoms with E-state index in [1.165, 1.54) is 0 Å². The zero-order valence-corrected chi connectivity index (χ0v) is 11.9. The molecule has 1 fully saturated rings. The van der Waals surface area contributed by atoms with Crippen LogP contribution in [0.15, 0.2) is 23.1 Å². The average Bonchev–Trinajstić information content (AvgIpc) is 2.47. The highest BCUT2D eigenvalue weighted by Gasteiger charge is 2.37. The van der Waals surface area contributed by atoms with Crippen molar-refractivity contribution in [1.82, 2.24) is 4.31 Å². The number of aliphatic carboxylic acids is 1. The minimum absolute atomic E-state index is 0.0966. The van der Waals surface area contributed by atoms with Crippen LogP contribution in [0.2, 0.25) is 0 Å². The van der Waals surface area contributed by atoms with Gasteiger partial charge in [-0.1, -0.05) is 0 Å². The Kier molecular flexibility index (Phi) is 4.30. The third-order valence-corrected chi connectivity index (χ3v) is 5.32. The molecular formula is C14H13FNO4S. The number of halogens is 1. The quantitative estimate of drug-likeness (QED) is 0.856. The highest BCUT2D eigenvalue weighted by Crippen LogP contribution is 2.26. The van der Waals surface area contributed by atoms with Crippen LogP contribution in [0.3, 0.4) is 0 Å². The van der Waals surface area contributed by atoms with Crippen LogP contribution in [0, 0.1) is 18.2 Å². The van der Waals surface area contributed by atoms with Crippen LogP contribution in [-0.2, 0) is 14.8 Å². The van der Waals surface area contributed by atoms with Gasteiger partial charge >= 0.3 is 5.97 Å². The highest BCUT2D eigenvalue weighted by atomic mass is 32.2. The average molecular weight is 310 g/mol. The third kappa shape index (κ3) is 2.91. The van der Waals surface area contributed by atoms with Gasteiger partial charge in [0.1, 0.15) is 11.9 Å². The molecule has 1 atom stereocenters. The second-order valence-electron chi connectivity index (χ2n) is 4.73. The number of sulfonamides is 1. The van der Waals surface area contributed by atoms with E-state index in [9.17, 15) is 17.6 Å². The molecule has 1 N–H and O–H groups in total. The van der Waals surface area contributed by atoms with Gasteiger partial charge < -0.3 is 5.11 Å². The first-order valence-corrected chi connectivity index (χ1v) is 7.79. The minimum atomic E-state index is -4.08. The Morgan fingerprint density at radius 3 is 2.71 bits per heavy atom. The van der Waals surface area contributed by atoms with Crippen LogP contribution in [0.25, 0.3) is 0 Å². The molecule has 1 saturated heterocycles. The maximum absolute atomic E-state index is 13.6. The normalized spacial score (nSPS) is 19.9. The topological polar surface area (TPSA) is 74.7 Å². The molecule has 2 rings (SSSR count). The number of piperidine rings is 1. The largest absolute Gasteiger partial charge is 0.480 e. The molecule has 1 aliphatic rings. The summed E-state index contributed by atoms with van der Waals surface area (Å²) in [6, 6.07) is 1.96. The monoisotopic (exact) mass is 310 g/mol. The summed E-state index contributed by atoms with van der Waals surface area (Å²) in [6.45, 7) is 0.0966. The van der Waals surface area contributed by atoms with E-state index in [4.69, 9.17) is 11.5 Å². The Balaban J connectivity index is 2.43. The molecule has 1 aromatic rings. The molecule has 1 unspecified atom stereocenters. The van der Waals surface area contributed by atoms with Crippen LogP contribution in [-0.4, -0.2) is 36.4 Å². The Bertz CT molecular complexity index is 708. The number of hydrogen-bond acceptors (Lipinski definition) is 3. The van der Waals surface area contributed by atoms with Gasteiger partial charge in [-0.05, 0) is 49.8 Å². The first-order chi connectivity index (χ1) is 9.87. The summed E-state index contributed by atoms with van der Waals surface area (Å²) in [5, 5.41) is 9.14. The van der Waals surface area contributed by atoms with Gasteiger partial charge in [-0.15, -0.1) is 0 Å². The number of carboxylic acid groups (broad SMARTS) is 1. The summed E-state index contributed by atoms with van der Waals surface area (Å²) in [4.78, 5) is 10.9. The third-order valence-electron chi connectivity index (χ3n) is 3.42. The van der Waals surface area contributed by atoms with Gasteiger partial charge in [0, 0.05) is 6.54 Å². The molecule has 0 aromatic heterocycles. The molecular weight excluding hydrogens is 297 g/mol. The van der Waals surface area contributed by atoms with Gasteiger partial charge in [0.15, 0.2) is 0 Å². The summed E-state index contributed by atoms with van der Waals surface area (Å²) in [5.74, 6) is -0.232. The molecule has 0 aliphatic carbocycles. The van der Waals surface area contributed by atoms with Crippen LogP contribution in [0.1, 0.15) is 24.8 Å². The van der Waals surface area contributed by atoms with Crippen molar-refractivity contribution in [3.05, 3.63) is 36.0 Å². The molecule has 1 aromatic carbocycles. The SMILES string of the molecule is [C]#Cc1ccc(S(=O)(=O)N2CCCCC2C(=O)O)cc1F. The molecule has 0 saturated carbocycles. The number of rotatable bonds is 3. The molecule has 111 valence electrons. The van der Waals surface area contributed by atoms with Crippen molar-refractivity contribution in [3.8, 4) is 5.92 Å². The van der Waals surface area contributed by atoms with Crippen LogP contribution in [0.5, 0.6) is 0 Å². The van der Waals surface area contributed by atoms with E-state index in [0.29, 0.717) is 12.8 Å². The highest BCUT2D eigenvalue weighted by molar-refractivity contribution is 7.89. The molecule has 1 aliphatic heterocycles. The predicted octanol–water partition coefficient (Wildman–Crippen LogP) is 1.39. The maximum Gasteiger partial charge on any atom is 0.322 e. The Morgan fingerprint density at radius 2 is 2.14 bits per heavy atom. The van der Waals surface area contributed by atoms with E-state index in [-0.39, 0.29) is 23.4 Å². The number of nitrogens with zero attached hydrogens (tertiary/aromatic N) is 1. The van der Waals surface area contributed by atoms with Crippen molar-refractivity contribution in [2.75, 3.05) is 6.54 Å². The number of carboxylic acids is 1. The number of carbonyl (C=O) groups is 1. The van der Waals surface area contributed by atoms with E-state index in [2.05, 4.69) is 0 Å². The summed E-state index contributed by atoms with van der Waals surface area (Å²) in [6.07, 6.45) is 8.31. The zero-order valence-electron chi connectivity index (χ0n) is 11.0.